The molecule has 1 aliphatic rings. The van der Waals surface area contributed by atoms with Gasteiger partial charge in [0.25, 0.3) is 5.92 Å². The Morgan fingerprint density at radius 3 is 2.75 bits per heavy atom. The number of halogens is 3. The minimum absolute atomic E-state index is 0.214. The SMILES string of the molecule is FC1(F)CNC(c2nc(Cc3ccc(Cl)cc3)no2)C1. The van der Waals surface area contributed by atoms with Gasteiger partial charge in [-0.15, -0.1) is 0 Å². The fourth-order valence-corrected chi connectivity index (χ4v) is 2.28. The van der Waals surface area contributed by atoms with Crippen LogP contribution in [0.1, 0.15) is 29.7 Å². The first-order chi connectivity index (χ1) is 9.52. The number of nitrogens with one attached hydrogen (secondary N) is 1. The van der Waals surface area contributed by atoms with Crippen LogP contribution in [-0.2, 0) is 6.42 Å². The maximum absolute atomic E-state index is 13.1. The molecule has 1 aromatic heterocycles. The van der Waals surface area contributed by atoms with Crippen LogP contribution in [0.4, 0.5) is 8.78 Å². The van der Waals surface area contributed by atoms with Crippen LogP contribution < -0.4 is 5.32 Å². The number of aromatic nitrogens is 2. The first-order valence-electron chi connectivity index (χ1n) is 6.20. The standard InChI is InChI=1S/C13H12ClF2N3O/c14-9-3-1-8(2-4-9)5-11-18-12(20-19-11)10-6-13(15,16)7-17-10/h1-4,10,17H,5-7H2. The molecule has 4 nitrogen and oxygen atoms in total. The summed E-state index contributed by atoms with van der Waals surface area (Å²) in [5, 5.41) is 7.16. The number of hydrogen-bond donors (Lipinski definition) is 1. The third-order valence-corrected chi connectivity index (χ3v) is 3.42. The largest absolute Gasteiger partial charge is 0.338 e. The van der Waals surface area contributed by atoms with Crippen molar-refractivity contribution in [2.45, 2.75) is 24.8 Å². The van der Waals surface area contributed by atoms with Crippen molar-refractivity contribution < 1.29 is 13.3 Å². The van der Waals surface area contributed by atoms with E-state index < -0.39 is 12.0 Å². The minimum Gasteiger partial charge on any atom is -0.338 e. The summed E-state index contributed by atoms with van der Waals surface area (Å²) >= 11 is 5.80. The maximum Gasteiger partial charge on any atom is 0.262 e. The van der Waals surface area contributed by atoms with Gasteiger partial charge in [0.15, 0.2) is 5.82 Å². The summed E-state index contributed by atoms with van der Waals surface area (Å²) in [6, 6.07) is 6.70. The Morgan fingerprint density at radius 1 is 1.35 bits per heavy atom. The van der Waals surface area contributed by atoms with Crippen LogP contribution in [0.5, 0.6) is 0 Å². The lowest BCUT2D eigenvalue weighted by molar-refractivity contribution is 0.0200. The molecule has 3 rings (SSSR count). The molecule has 1 aromatic carbocycles. The van der Waals surface area contributed by atoms with Crippen molar-refractivity contribution in [2.75, 3.05) is 6.54 Å². The molecule has 20 heavy (non-hydrogen) atoms. The van der Waals surface area contributed by atoms with Gasteiger partial charge in [-0.25, -0.2) is 8.78 Å². The molecular weight excluding hydrogens is 288 g/mol. The van der Waals surface area contributed by atoms with Crippen molar-refractivity contribution in [3.05, 3.63) is 46.6 Å². The van der Waals surface area contributed by atoms with Crippen LogP contribution in [0.3, 0.4) is 0 Å². The zero-order chi connectivity index (χ0) is 14.2. The minimum atomic E-state index is -2.71. The van der Waals surface area contributed by atoms with Crippen molar-refractivity contribution in [1.82, 2.24) is 15.5 Å². The molecule has 1 unspecified atom stereocenters. The van der Waals surface area contributed by atoms with Crippen LogP contribution in [0.25, 0.3) is 0 Å². The average Bonchev–Trinajstić information content (AvgIpc) is 2.99. The van der Waals surface area contributed by atoms with Crippen molar-refractivity contribution in [3.63, 3.8) is 0 Å². The monoisotopic (exact) mass is 299 g/mol. The Bertz CT molecular complexity index is 600. The summed E-state index contributed by atoms with van der Waals surface area (Å²) in [6.07, 6.45) is 0.166. The van der Waals surface area contributed by atoms with Gasteiger partial charge in [-0.2, -0.15) is 4.98 Å². The van der Waals surface area contributed by atoms with Gasteiger partial charge in [-0.05, 0) is 17.7 Å². The van der Waals surface area contributed by atoms with Crippen LogP contribution in [-0.4, -0.2) is 22.6 Å². The highest BCUT2D eigenvalue weighted by Gasteiger charge is 2.42. The van der Waals surface area contributed by atoms with E-state index >= 15 is 0 Å². The molecule has 0 spiro atoms. The molecule has 0 radical (unpaired) electrons. The fourth-order valence-electron chi connectivity index (χ4n) is 2.16. The smallest absolute Gasteiger partial charge is 0.262 e. The molecule has 1 saturated heterocycles. The van der Waals surface area contributed by atoms with Crippen LogP contribution in [0.15, 0.2) is 28.8 Å². The highest BCUT2D eigenvalue weighted by molar-refractivity contribution is 6.30. The Morgan fingerprint density at radius 2 is 2.10 bits per heavy atom. The van der Waals surface area contributed by atoms with Crippen LogP contribution in [0.2, 0.25) is 5.02 Å². The predicted molar refractivity (Wildman–Crippen MR) is 68.9 cm³/mol. The van der Waals surface area contributed by atoms with E-state index in [1.807, 2.05) is 12.1 Å². The first-order valence-corrected chi connectivity index (χ1v) is 6.58. The Labute approximate surface area is 119 Å². The van der Waals surface area contributed by atoms with E-state index in [1.54, 1.807) is 12.1 Å². The van der Waals surface area contributed by atoms with Gasteiger partial charge in [0.1, 0.15) is 0 Å². The van der Waals surface area contributed by atoms with Crippen LogP contribution in [0, 0.1) is 0 Å². The van der Waals surface area contributed by atoms with E-state index in [1.165, 1.54) is 0 Å². The molecule has 106 valence electrons. The van der Waals surface area contributed by atoms with E-state index in [0.29, 0.717) is 17.3 Å². The maximum atomic E-state index is 13.1. The second-order valence-corrected chi connectivity index (χ2v) is 5.28. The lowest BCUT2D eigenvalue weighted by Crippen LogP contribution is -2.19. The molecule has 0 bridgehead atoms. The van der Waals surface area contributed by atoms with Crippen molar-refractivity contribution in [1.29, 1.82) is 0 Å². The normalized spacial score (nSPS) is 21.2. The highest BCUT2D eigenvalue weighted by Crippen LogP contribution is 2.33. The summed E-state index contributed by atoms with van der Waals surface area (Å²) in [7, 11) is 0. The Kier molecular flexibility index (Phi) is 3.43. The summed E-state index contributed by atoms with van der Waals surface area (Å²) < 4.78 is 31.3. The van der Waals surface area contributed by atoms with E-state index in [2.05, 4.69) is 15.5 Å². The first kappa shape index (κ1) is 13.5. The van der Waals surface area contributed by atoms with E-state index in [-0.39, 0.29) is 18.9 Å². The van der Waals surface area contributed by atoms with Gasteiger partial charge in [0.05, 0.1) is 12.6 Å². The number of nitrogens with zero attached hydrogens (tertiary/aromatic N) is 2. The molecule has 1 N–H and O–H groups in total. The zero-order valence-electron chi connectivity index (χ0n) is 10.4. The van der Waals surface area contributed by atoms with Gasteiger partial charge in [-0.1, -0.05) is 28.9 Å². The van der Waals surface area contributed by atoms with E-state index in [4.69, 9.17) is 16.1 Å². The highest BCUT2D eigenvalue weighted by atomic mass is 35.5. The van der Waals surface area contributed by atoms with E-state index in [9.17, 15) is 8.78 Å². The van der Waals surface area contributed by atoms with Gasteiger partial charge in [0, 0.05) is 17.9 Å². The number of benzene rings is 1. The Hall–Kier alpha value is -1.53. The average molecular weight is 300 g/mol. The van der Waals surface area contributed by atoms with Crippen molar-refractivity contribution in [3.8, 4) is 0 Å². The zero-order valence-corrected chi connectivity index (χ0v) is 11.2. The molecule has 0 aliphatic carbocycles. The second kappa shape index (κ2) is 5.10. The lowest BCUT2D eigenvalue weighted by atomic mass is 10.1. The molecule has 0 amide bonds. The number of rotatable bonds is 3. The topological polar surface area (TPSA) is 51.0 Å². The lowest BCUT2D eigenvalue weighted by Gasteiger charge is -2.04. The molecule has 7 heteroatoms. The predicted octanol–water partition coefficient (Wildman–Crippen LogP) is 2.98. The van der Waals surface area contributed by atoms with E-state index in [0.717, 1.165) is 5.56 Å². The van der Waals surface area contributed by atoms with Gasteiger partial charge in [-0.3, -0.25) is 5.32 Å². The molecule has 1 atom stereocenters. The quantitative estimate of drug-likeness (QED) is 0.946. The van der Waals surface area contributed by atoms with Crippen molar-refractivity contribution in [2.24, 2.45) is 0 Å². The second-order valence-electron chi connectivity index (χ2n) is 4.85. The van der Waals surface area contributed by atoms with Gasteiger partial charge in [0.2, 0.25) is 5.89 Å². The number of alkyl halides is 2. The Balaban J connectivity index is 1.69. The summed E-state index contributed by atoms with van der Waals surface area (Å²) in [6.45, 7) is -0.355. The summed E-state index contributed by atoms with van der Waals surface area (Å²) in [5.41, 5.74) is 0.978. The third kappa shape index (κ3) is 2.96. The van der Waals surface area contributed by atoms with Crippen molar-refractivity contribution >= 4 is 11.6 Å². The molecule has 1 fully saturated rings. The third-order valence-electron chi connectivity index (χ3n) is 3.17. The molecule has 2 heterocycles. The van der Waals surface area contributed by atoms with Gasteiger partial charge >= 0.3 is 0 Å². The molecule has 1 aliphatic heterocycles. The van der Waals surface area contributed by atoms with Crippen LogP contribution >= 0.6 is 11.6 Å². The number of hydrogen-bond acceptors (Lipinski definition) is 4. The fraction of sp³-hybridized carbons (Fsp3) is 0.385. The summed E-state index contributed by atoms with van der Waals surface area (Å²) in [5.74, 6) is -2.03. The molecule has 0 saturated carbocycles. The van der Waals surface area contributed by atoms with Gasteiger partial charge < -0.3 is 4.52 Å². The molecular formula is C13H12ClF2N3O. The summed E-state index contributed by atoms with van der Waals surface area (Å²) in [4.78, 5) is 4.17. The molecule has 2 aromatic rings.